The summed E-state index contributed by atoms with van der Waals surface area (Å²) in [5.74, 6) is -1.99. The molecule has 1 aliphatic rings. The quantitative estimate of drug-likeness (QED) is 0.745. The lowest BCUT2D eigenvalue weighted by atomic mass is 9.75. The maximum absolute atomic E-state index is 13.7. The molecular formula is C13H13BrF4O. The maximum atomic E-state index is 13.7. The fourth-order valence-corrected chi connectivity index (χ4v) is 2.91. The SMILES string of the molecule is OC1(c2cc(Br)ccc2F)CCC(C(F)(F)F)CC1. The van der Waals surface area contributed by atoms with Crippen LogP contribution in [0.2, 0.25) is 0 Å². The molecule has 19 heavy (non-hydrogen) atoms. The molecule has 0 bridgehead atoms. The number of halogens is 5. The Morgan fingerprint density at radius 1 is 1.21 bits per heavy atom. The minimum absolute atomic E-state index is 0.0718. The van der Waals surface area contributed by atoms with Crippen LogP contribution in [0.25, 0.3) is 0 Å². The van der Waals surface area contributed by atoms with Crippen LogP contribution in [-0.4, -0.2) is 11.3 Å². The molecule has 1 aromatic carbocycles. The third kappa shape index (κ3) is 3.11. The molecule has 0 unspecified atom stereocenters. The third-order valence-electron chi connectivity index (χ3n) is 3.71. The lowest BCUT2D eigenvalue weighted by molar-refractivity contribution is -0.193. The molecule has 1 fully saturated rings. The molecule has 0 saturated heterocycles. The van der Waals surface area contributed by atoms with Crippen LogP contribution in [0.4, 0.5) is 17.6 Å². The lowest BCUT2D eigenvalue weighted by Gasteiger charge is -2.37. The van der Waals surface area contributed by atoms with Gasteiger partial charge in [0.15, 0.2) is 0 Å². The Bertz CT molecular complexity index is 464. The first kappa shape index (κ1) is 14.8. The van der Waals surface area contributed by atoms with Crippen LogP contribution in [0.3, 0.4) is 0 Å². The molecule has 2 rings (SSSR count). The minimum Gasteiger partial charge on any atom is -0.385 e. The lowest BCUT2D eigenvalue weighted by Crippen LogP contribution is -2.37. The van der Waals surface area contributed by atoms with E-state index in [0.717, 1.165) is 0 Å². The molecule has 106 valence electrons. The highest BCUT2D eigenvalue weighted by atomic mass is 79.9. The molecule has 0 aliphatic heterocycles. The van der Waals surface area contributed by atoms with Crippen molar-refractivity contribution in [2.45, 2.75) is 37.5 Å². The second-order valence-electron chi connectivity index (χ2n) is 4.97. The van der Waals surface area contributed by atoms with Crippen molar-refractivity contribution in [3.8, 4) is 0 Å². The van der Waals surface area contributed by atoms with Gasteiger partial charge in [-0.25, -0.2) is 4.39 Å². The number of hydrogen-bond acceptors (Lipinski definition) is 1. The monoisotopic (exact) mass is 340 g/mol. The van der Waals surface area contributed by atoms with E-state index >= 15 is 0 Å². The van der Waals surface area contributed by atoms with Gasteiger partial charge in [0, 0.05) is 10.0 Å². The second-order valence-corrected chi connectivity index (χ2v) is 5.89. The van der Waals surface area contributed by atoms with Crippen molar-refractivity contribution in [1.82, 2.24) is 0 Å². The summed E-state index contributed by atoms with van der Waals surface area (Å²) in [6.45, 7) is 0. The Morgan fingerprint density at radius 2 is 1.79 bits per heavy atom. The molecule has 0 heterocycles. The zero-order valence-electron chi connectivity index (χ0n) is 9.97. The van der Waals surface area contributed by atoms with Gasteiger partial charge in [0.05, 0.1) is 11.5 Å². The predicted molar refractivity (Wildman–Crippen MR) is 66.0 cm³/mol. The van der Waals surface area contributed by atoms with Gasteiger partial charge in [0.2, 0.25) is 0 Å². The number of hydrogen-bond donors (Lipinski definition) is 1. The molecule has 1 aromatic rings. The molecule has 1 N–H and O–H groups in total. The van der Waals surface area contributed by atoms with Gasteiger partial charge >= 0.3 is 6.18 Å². The summed E-state index contributed by atoms with van der Waals surface area (Å²) in [5, 5.41) is 10.4. The Labute approximate surface area is 116 Å². The van der Waals surface area contributed by atoms with E-state index < -0.39 is 23.5 Å². The highest BCUT2D eigenvalue weighted by molar-refractivity contribution is 9.10. The van der Waals surface area contributed by atoms with Crippen molar-refractivity contribution in [1.29, 1.82) is 0 Å². The minimum atomic E-state index is -4.24. The van der Waals surface area contributed by atoms with Crippen molar-refractivity contribution in [2.24, 2.45) is 5.92 Å². The van der Waals surface area contributed by atoms with E-state index in [1.165, 1.54) is 18.2 Å². The summed E-state index contributed by atoms with van der Waals surface area (Å²) < 4.78 is 52.0. The Morgan fingerprint density at radius 3 is 2.32 bits per heavy atom. The molecule has 0 radical (unpaired) electrons. The number of benzene rings is 1. The summed E-state index contributed by atoms with van der Waals surface area (Å²) in [7, 11) is 0. The van der Waals surface area contributed by atoms with Gasteiger partial charge in [-0.15, -0.1) is 0 Å². The molecule has 0 spiro atoms. The van der Waals surface area contributed by atoms with Gasteiger partial charge < -0.3 is 5.11 Å². The van der Waals surface area contributed by atoms with Crippen LogP contribution in [0.15, 0.2) is 22.7 Å². The topological polar surface area (TPSA) is 20.2 Å². The van der Waals surface area contributed by atoms with E-state index in [0.29, 0.717) is 4.47 Å². The molecule has 1 saturated carbocycles. The average molecular weight is 341 g/mol. The number of alkyl halides is 3. The molecule has 0 atom stereocenters. The van der Waals surface area contributed by atoms with Crippen molar-refractivity contribution < 1.29 is 22.7 Å². The molecule has 0 amide bonds. The zero-order valence-corrected chi connectivity index (χ0v) is 11.6. The highest BCUT2D eigenvalue weighted by Crippen LogP contribution is 2.45. The number of rotatable bonds is 1. The molecule has 1 aliphatic carbocycles. The Kier molecular flexibility index (Phi) is 3.93. The molecule has 0 aromatic heterocycles. The van der Waals surface area contributed by atoms with Crippen LogP contribution in [0.1, 0.15) is 31.2 Å². The third-order valence-corrected chi connectivity index (χ3v) is 4.20. The van der Waals surface area contributed by atoms with Gasteiger partial charge in [0.25, 0.3) is 0 Å². The summed E-state index contributed by atoms with van der Waals surface area (Å²) in [5.41, 5.74) is -1.43. The van der Waals surface area contributed by atoms with E-state index in [1.54, 1.807) is 0 Å². The summed E-state index contributed by atoms with van der Waals surface area (Å²) in [6.07, 6.45) is -4.75. The smallest absolute Gasteiger partial charge is 0.385 e. The first-order valence-electron chi connectivity index (χ1n) is 5.97. The normalized spacial score (nSPS) is 28.4. The summed E-state index contributed by atoms with van der Waals surface area (Å²) in [6, 6.07) is 4.13. The first-order valence-corrected chi connectivity index (χ1v) is 6.76. The van der Waals surface area contributed by atoms with Crippen LogP contribution in [-0.2, 0) is 5.60 Å². The van der Waals surface area contributed by atoms with E-state index in [2.05, 4.69) is 15.9 Å². The van der Waals surface area contributed by atoms with Gasteiger partial charge in [-0.2, -0.15) is 13.2 Å². The standard InChI is InChI=1S/C13H13BrF4O/c14-9-1-2-11(15)10(7-9)12(19)5-3-8(4-6-12)13(16,17)18/h1-2,7-8,19H,3-6H2. The maximum Gasteiger partial charge on any atom is 0.391 e. The highest BCUT2D eigenvalue weighted by Gasteiger charge is 2.46. The van der Waals surface area contributed by atoms with Crippen LogP contribution in [0, 0.1) is 11.7 Å². The fraction of sp³-hybridized carbons (Fsp3) is 0.538. The van der Waals surface area contributed by atoms with E-state index in [1.807, 2.05) is 0 Å². The zero-order chi connectivity index (χ0) is 14.3. The van der Waals surface area contributed by atoms with Crippen LogP contribution >= 0.6 is 15.9 Å². The van der Waals surface area contributed by atoms with E-state index in [9.17, 15) is 22.7 Å². The molecule has 1 nitrogen and oxygen atoms in total. The number of aliphatic hydroxyl groups is 1. The van der Waals surface area contributed by atoms with E-state index in [-0.39, 0.29) is 31.2 Å². The van der Waals surface area contributed by atoms with Crippen molar-refractivity contribution in [3.05, 3.63) is 34.1 Å². The van der Waals surface area contributed by atoms with Crippen molar-refractivity contribution in [2.75, 3.05) is 0 Å². The predicted octanol–water partition coefficient (Wildman–Crippen LogP) is 4.53. The van der Waals surface area contributed by atoms with Crippen molar-refractivity contribution in [3.63, 3.8) is 0 Å². The van der Waals surface area contributed by atoms with Gasteiger partial charge in [0.1, 0.15) is 5.82 Å². The van der Waals surface area contributed by atoms with Crippen LogP contribution in [0.5, 0.6) is 0 Å². The van der Waals surface area contributed by atoms with Crippen LogP contribution < -0.4 is 0 Å². The summed E-state index contributed by atoms with van der Waals surface area (Å²) in [4.78, 5) is 0. The van der Waals surface area contributed by atoms with Gasteiger partial charge in [-0.3, -0.25) is 0 Å². The average Bonchev–Trinajstić information content (AvgIpc) is 2.31. The second kappa shape index (κ2) is 5.05. The molecular weight excluding hydrogens is 328 g/mol. The summed E-state index contributed by atoms with van der Waals surface area (Å²) >= 11 is 3.17. The Hall–Kier alpha value is -0.620. The molecule has 6 heteroatoms. The Balaban J connectivity index is 2.20. The largest absolute Gasteiger partial charge is 0.391 e. The van der Waals surface area contributed by atoms with E-state index in [4.69, 9.17) is 0 Å². The fourth-order valence-electron chi connectivity index (χ4n) is 2.55. The van der Waals surface area contributed by atoms with Crippen molar-refractivity contribution >= 4 is 15.9 Å². The first-order chi connectivity index (χ1) is 8.72. The van der Waals surface area contributed by atoms with Gasteiger partial charge in [-0.05, 0) is 43.9 Å². The van der Waals surface area contributed by atoms with Gasteiger partial charge in [-0.1, -0.05) is 15.9 Å².